The molecule has 0 radical (unpaired) electrons. The number of benzene rings is 2. The normalized spacial score (nSPS) is 10.3. The van der Waals surface area contributed by atoms with Crippen molar-refractivity contribution in [3.8, 4) is 0 Å². The molecule has 7 nitrogen and oxygen atoms in total. The van der Waals surface area contributed by atoms with Crippen molar-refractivity contribution in [2.45, 2.75) is 20.8 Å². The number of hydrogen-bond donors (Lipinski definition) is 4. The standard InChI is InChI=1S/C21H23ClN6O/c1-4-23-19-12-20(25-14(3)24-19)26-15-7-9-16(10-8-15)27-21(29)28-17-6-5-13(2)18(22)11-17/h5-12H,4H2,1-3H3,(H2,27,28,29)(H2,23,24,25,26). The number of aromatic nitrogens is 2. The maximum absolute atomic E-state index is 12.2. The Morgan fingerprint density at radius 2 is 1.52 bits per heavy atom. The first-order valence-electron chi connectivity index (χ1n) is 9.23. The van der Waals surface area contributed by atoms with E-state index in [-0.39, 0.29) is 6.03 Å². The van der Waals surface area contributed by atoms with Crippen molar-refractivity contribution in [1.82, 2.24) is 9.97 Å². The summed E-state index contributed by atoms with van der Waals surface area (Å²) >= 11 is 6.09. The molecular formula is C21H23ClN6O. The van der Waals surface area contributed by atoms with E-state index in [0.29, 0.717) is 28.0 Å². The predicted octanol–water partition coefficient (Wildman–Crippen LogP) is 5.57. The summed E-state index contributed by atoms with van der Waals surface area (Å²) in [7, 11) is 0. The molecule has 0 saturated heterocycles. The van der Waals surface area contributed by atoms with E-state index in [2.05, 4.69) is 31.2 Å². The van der Waals surface area contributed by atoms with Crippen molar-refractivity contribution < 1.29 is 4.79 Å². The molecule has 4 N–H and O–H groups in total. The zero-order valence-electron chi connectivity index (χ0n) is 16.5. The Hall–Kier alpha value is -3.32. The molecule has 0 aliphatic carbocycles. The van der Waals surface area contributed by atoms with Crippen LogP contribution in [0.2, 0.25) is 5.02 Å². The van der Waals surface area contributed by atoms with E-state index in [4.69, 9.17) is 11.6 Å². The van der Waals surface area contributed by atoms with Crippen LogP contribution in [-0.2, 0) is 0 Å². The van der Waals surface area contributed by atoms with E-state index >= 15 is 0 Å². The molecule has 3 rings (SSSR count). The third-order valence-corrected chi connectivity index (χ3v) is 4.45. The second-order valence-corrected chi connectivity index (χ2v) is 6.87. The summed E-state index contributed by atoms with van der Waals surface area (Å²) in [5, 5.41) is 12.6. The highest BCUT2D eigenvalue weighted by atomic mass is 35.5. The summed E-state index contributed by atoms with van der Waals surface area (Å²) in [6, 6.07) is 14.2. The Bertz CT molecular complexity index is 1010. The van der Waals surface area contributed by atoms with Crippen LogP contribution < -0.4 is 21.3 Å². The Balaban J connectivity index is 1.61. The van der Waals surface area contributed by atoms with Crippen LogP contribution in [0.25, 0.3) is 0 Å². The Morgan fingerprint density at radius 3 is 2.21 bits per heavy atom. The van der Waals surface area contributed by atoms with Crippen molar-refractivity contribution in [2.75, 3.05) is 27.8 Å². The zero-order chi connectivity index (χ0) is 20.8. The lowest BCUT2D eigenvalue weighted by molar-refractivity contribution is 0.262. The van der Waals surface area contributed by atoms with Gasteiger partial charge in [-0.1, -0.05) is 17.7 Å². The number of amides is 2. The van der Waals surface area contributed by atoms with Crippen LogP contribution in [0.3, 0.4) is 0 Å². The summed E-state index contributed by atoms with van der Waals surface area (Å²) < 4.78 is 0. The Labute approximate surface area is 174 Å². The van der Waals surface area contributed by atoms with Gasteiger partial charge in [0.2, 0.25) is 0 Å². The summed E-state index contributed by atoms with van der Waals surface area (Å²) in [5.74, 6) is 2.15. The molecule has 3 aromatic rings. The predicted molar refractivity (Wildman–Crippen MR) is 119 cm³/mol. The van der Waals surface area contributed by atoms with Crippen LogP contribution in [0.4, 0.5) is 33.5 Å². The highest BCUT2D eigenvalue weighted by Gasteiger charge is 2.06. The van der Waals surface area contributed by atoms with Gasteiger partial charge in [-0.3, -0.25) is 0 Å². The van der Waals surface area contributed by atoms with E-state index in [9.17, 15) is 4.79 Å². The average Bonchev–Trinajstić information content (AvgIpc) is 2.66. The number of hydrogen-bond acceptors (Lipinski definition) is 5. The molecule has 0 saturated carbocycles. The molecule has 0 unspecified atom stereocenters. The first kappa shape index (κ1) is 20.4. The molecule has 0 bridgehead atoms. The molecular weight excluding hydrogens is 388 g/mol. The highest BCUT2D eigenvalue weighted by molar-refractivity contribution is 6.31. The molecule has 29 heavy (non-hydrogen) atoms. The zero-order valence-corrected chi connectivity index (χ0v) is 17.3. The van der Waals surface area contributed by atoms with Gasteiger partial charge in [-0.15, -0.1) is 0 Å². The summed E-state index contributed by atoms with van der Waals surface area (Å²) in [6.45, 7) is 6.55. The lowest BCUT2D eigenvalue weighted by atomic mass is 10.2. The number of halogens is 1. The van der Waals surface area contributed by atoms with Gasteiger partial charge in [0.1, 0.15) is 17.5 Å². The van der Waals surface area contributed by atoms with Crippen LogP contribution in [-0.4, -0.2) is 22.5 Å². The van der Waals surface area contributed by atoms with Crippen LogP contribution >= 0.6 is 11.6 Å². The number of aryl methyl sites for hydroxylation is 2. The minimum atomic E-state index is -0.340. The van der Waals surface area contributed by atoms with Crippen LogP contribution in [0.15, 0.2) is 48.5 Å². The van der Waals surface area contributed by atoms with E-state index in [1.165, 1.54) is 0 Å². The highest BCUT2D eigenvalue weighted by Crippen LogP contribution is 2.21. The quantitative estimate of drug-likeness (QED) is 0.426. The molecule has 0 spiro atoms. The van der Waals surface area contributed by atoms with Crippen molar-refractivity contribution >= 4 is 46.3 Å². The molecule has 2 aromatic carbocycles. The van der Waals surface area contributed by atoms with Gasteiger partial charge in [-0.2, -0.15) is 0 Å². The van der Waals surface area contributed by atoms with E-state index in [0.717, 1.165) is 23.6 Å². The molecule has 1 heterocycles. The third-order valence-electron chi connectivity index (χ3n) is 4.04. The Morgan fingerprint density at radius 1 is 0.897 bits per heavy atom. The van der Waals surface area contributed by atoms with Crippen LogP contribution in [0.5, 0.6) is 0 Å². The van der Waals surface area contributed by atoms with E-state index in [1.54, 1.807) is 12.1 Å². The fraction of sp³-hybridized carbons (Fsp3) is 0.190. The van der Waals surface area contributed by atoms with Gasteiger partial charge >= 0.3 is 6.03 Å². The van der Waals surface area contributed by atoms with Crippen molar-refractivity contribution in [3.63, 3.8) is 0 Å². The van der Waals surface area contributed by atoms with Gasteiger partial charge in [-0.05, 0) is 62.7 Å². The third kappa shape index (κ3) is 5.83. The van der Waals surface area contributed by atoms with Crippen molar-refractivity contribution in [3.05, 3.63) is 64.9 Å². The number of nitrogens with one attached hydrogen (secondary N) is 4. The second kappa shape index (κ2) is 9.25. The minimum absolute atomic E-state index is 0.340. The first-order chi connectivity index (χ1) is 13.9. The first-order valence-corrected chi connectivity index (χ1v) is 9.61. The molecule has 0 aliphatic rings. The second-order valence-electron chi connectivity index (χ2n) is 6.46. The van der Waals surface area contributed by atoms with Crippen molar-refractivity contribution in [2.24, 2.45) is 0 Å². The number of rotatable bonds is 6. The molecule has 0 fully saturated rings. The topological polar surface area (TPSA) is 91.0 Å². The van der Waals surface area contributed by atoms with Crippen LogP contribution in [0, 0.1) is 13.8 Å². The Kier molecular flexibility index (Phi) is 6.51. The number of urea groups is 1. The molecule has 1 aromatic heterocycles. The SMILES string of the molecule is CCNc1cc(Nc2ccc(NC(=O)Nc3ccc(C)c(Cl)c3)cc2)nc(C)n1. The molecule has 0 aliphatic heterocycles. The maximum Gasteiger partial charge on any atom is 0.323 e. The summed E-state index contributed by atoms with van der Waals surface area (Å²) in [6.07, 6.45) is 0. The lowest BCUT2D eigenvalue weighted by Crippen LogP contribution is -2.19. The number of anilines is 5. The van der Waals surface area contributed by atoms with Gasteiger partial charge in [0.15, 0.2) is 0 Å². The largest absolute Gasteiger partial charge is 0.370 e. The fourth-order valence-electron chi connectivity index (χ4n) is 2.65. The summed E-state index contributed by atoms with van der Waals surface area (Å²) in [4.78, 5) is 20.9. The molecule has 150 valence electrons. The molecule has 0 atom stereocenters. The molecule has 8 heteroatoms. The summed E-state index contributed by atoms with van der Waals surface area (Å²) in [5.41, 5.74) is 3.10. The van der Waals surface area contributed by atoms with Gasteiger partial charge in [0, 0.05) is 34.7 Å². The van der Waals surface area contributed by atoms with Gasteiger partial charge in [-0.25, -0.2) is 14.8 Å². The smallest absolute Gasteiger partial charge is 0.323 e. The lowest BCUT2D eigenvalue weighted by Gasteiger charge is -2.11. The molecule has 2 amide bonds. The van der Waals surface area contributed by atoms with Gasteiger partial charge in [0.25, 0.3) is 0 Å². The van der Waals surface area contributed by atoms with Crippen LogP contribution in [0.1, 0.15) is 18.3 Å². The number of carbonyl (C=O) groups is 1. The van der Waals surface area contributed by atoms with E-state index < -0.39 is 0 Å². The fourth-order valence-corrected chi connectivity index (χ4v) is 2.83. The average molecular weight is 411 g/mol. The minimum Gasteiger partial charge on any atom is -0.370 e. The van der Waals surface area contributed by atoms with Gasteiger partial charge < -0.3 is 21.3 Å². The monoisotopic (exact) mass is 410 g/mol. The van der Waals surface area contributed by atoms with Crippen molar-refractivity contribution in [1.29, 1.82) is 0 Å². The number of nitrogens with zero attached hydrogens (tertiary/aromatic N) is 2. The van der Waals surface area contributed by atoms with Gasteiger partial charge in [0.05, 0.1) is 0 Å². The van der Waals surface area contributed by atoms with E-state index in [1.807, 2.05) is 57.2 Å². The maximum atomic E-state index is 12.2. The number of carbonyl (C=O) groups excluding carboxylic acids is 1.